The lowest BCUT2D eigenvalue weighted by Gasteiger charge is -2.24. The fourth-order valence-corrected chi connectivity index (χ4v) is 2.45. The van der Waals surface area contributed by atoms with Gasteiger partial charge in [-0.2, -0.15) is 0 Å². The molecule has 1 aromatic rings. The minimum atomic E-state index is -1.37. The minimum Gasteiger partial charge on any atom is -0.491 e. The quantitative estimate of drug-likeness (QED) is 0.472. The normalized spacial score (nSPS) is 10.4. The maximum Gasteiger partial charge on any atom is 0.341 e. The summed E-state index contributed by atoms with van der Waals surface area (Å²) < 4.78 is 11.9. The molecule has 0 aliphatic heterocycles. The highest BCUT2D eigenvalue weighted by atomic mass is 16.5. The molecule has 0 saturated carbocycles. The molecule has 0 aliphatic rings. The Bertz CT molecular complexity index is 710. The number of aryl methyl sites for hydroxylation is 1. The summed E-state index contributed by atoms with van der Waals surface area (Å²) in [6, 6.07) is 0. The van der Waals surface area contributed by atoms with E-state index in [1.807, 2.05) is 6.92 Å². The topological polar surface area (TPSA) is 98.1 Å². The number of aromatic carboxylic acids is 1. The molecule has 1 heterocycles. The molecular formula is C18H26N2O6. The van der Waals surface area contributed by atoms with Gasteiger partial charge in [-0.15, -0.1) is 6.58 Å². The Morgan fingerprint density at radius 1 is 1.35 bits per heavy atom. The number of carboxylic acid groups (broad SMARTS) is 1. The molecule has 1 aromatic heterocycles. The zero-order chi connectivity index (χ0) is 19.7. The monoisotopic (exact) mass is 366 g/mol. The molecule has 8 nitrogen and oxygen atoms in total. The van der Waals surface area contributed by atoms with Crippen molar-refractivity contribution in [1.29, 1.82) is 0 Å². The second-order valence-corrected chi connectivity index (χ2v) is 5.50. The van der Waals surface area contributed by atoms with E-state index in [9.17, 15) is 19.5 Å². The van der Waals surface area contributed by atoms with E-state index in [4.69, 9.17) is 9.47 Å². The van der Waals surface area contributed by atoms with Crippen molar-refractivity contribution in [3.8, 4) is 5.75 Å². The molecule has 0 bridgehead atoms. The first-order valence-electron chi connectivity index (χ1n) is 8.45. The lowest BCUT2D eigenvalue weighted by atomic mass is 10.2. The van der Waals surface area contributed by atoms with Crippen molar-refractivity contribution >= 4 is 11.9 Å². The fraction of sp³-hybridized carbons (Fsp3) is 0.500. The molecule has 26 heavy (non-hydrogen) atoms. The Morgan fingerprint density at radius 2 is 2.04 bits per heavy atom. The number of methoxy groups -OCH3 is 1. The summed E-state index contributed by atoms with van der Waals surface area (Å²) >= 11 is 0. The van der Waals surface area contributed by atoms with Crippen LogP contribution >= 0.6 is 0 Å². The number of hydrogen-bond acceptors (Lipinski definition) is 5. The summed E-state index contributed by atoms with van der Waals surface area (Å²) in [7, 11) is 1.24. The Balaban J connectivity index is 3.34. The molecule has 0 aromatic carbocycles. The van der Waals surface area contributed by atoms with E-state index >= 15 is 0 Å². The van der Waals surface area contributed by atoms with E-state index in [0.717, 1.165) is 6.42 Å². The van der Waals surface area contributed by atoms with Gasteiger partial charge in [-0.25, -0.2) is 4.79 Å². The number of amides is 1. The number of carbonyl (C=O) groups excluding carboxylic acids is 1. The van der Waals surface area contributed by atoms with Gasteiger partial charge in [0.25, 0.3) is 5.91 Å². The van der Waals surface area contributed by atoms with E-state index in [1.54, 1.807) is 13.0 Å². The predicted molar refractivity (Wildman–Crippen MR) is 97.1 cm³/mol. The average Bonchev–Trinajstić information content (AvgIpc) is 2.62. The third kappa shape index (κ3) is 4.95. The number of aromatic nitrogens is 1. The van der Waals surface area contributed by atoms with Crippen LogP contribution in [0, 0.1) is 0 Å². The van der Waals surface area contributed by atoms with Crippen LogP contribution in [0.2, 0.25) is 0 Å². The lowest BCUT2D eigenvalue weighted by molar-refractivity contribution is 0.0647. The third-order valence-corrected chi connectivity index (χ3v) is 3.71. The molecule has 8 heteroatoms. The maximum atomic E-state index is 13.0. The molecular weight excluding hydrogens is 340 g/mol. The van der Waals surface area contributed by atoms with Gasteiger partial charge in [0.2, 0.25) is 5.43 Å². The summed E-state index contributed by atoms with van der Waals surface area (Å²) in [5.41, 5.74) is -1.25. The van der Waals surface area contributed by atoms with Gasteiger partial charge in [-0.05, 0) is 13.3 Å². The smallest absolute Gasteiger partial charge is 0.341 e. The second-order valence-electron chi connectivity index (χ2n) is 5.50. The van der Waals surface area contributed by atoms with Crippen LogP contribution < -0.4 is 10.2 Å². The van der Waals surface area contributed by atoms with Crippen LogP contribution in [0.15, 0.2) is 23.6 Å². The molecule has 0 radical (unpaired) electrons. The van der Waals surface area contributed by atoms with Crippen molar-refractivity contribution in [2.75, 3.05) is 33.4 Å². The van der Waals surface area contributed by atoms with Gasteiger partial charge in [0, 0.05) is 32.4 Å². The molecule has 1 rings (SSSR count). The molecule has 0 fully saturated rings. The highest BCUT2D eigenvalue weighted by Gasteiger charge is 2.27. The van der Waals surface area contributed by atoms with Crippen LogP contribution in [0.25, 0.3) is 0 Å². The van der Waals surface area contributed by atoms with Crippen molar-refractivity contribution in [1.82, 2.24) is 9.47 Å². The summed E-state index contributed by atoms with van der Waals surface area (Å²) in [5.74, 6) is -2.09. The molecule has 144 valence electrons. The van der Waals surface area contributed by atoms with Gasteiger partial charge in [0.05, 0.1) is 13.7 Å². The van der Waals surface area contributed by atoms with Crippen LogP contribution in [-0.4, -0.2) is 59.9 Å². The Hall–Kier alpha value is -2.61. The Kier molecular flexibility index (Phi) is 8.57. The number of ether oxygens (including phenoxy) is 2. The first kappa shape index (κ1) is 21.4. The molecule has 0 atom stereocenters. The molecule has 0 aliphatic carbocycles. The Labute approximate surface area is 152 Å². The summed E-state index contributed by atoms with van der Waals surface area (Å²) in [6.07, 6.45) is 3.61. The first-order chi connectivity index (χ1) is 12.4. The van der Waals surface area contributed by atoms with Gasteiger partial charge < -0.3 is 24.0 Å². The van der Waals surface area contributed by atoms with Gasteiger partial charge in [-0.3, -0.25) is 9.59 Å². The minimum absolute atomic E-state index is 0.0161. The second kappa shape index (κ2) is 10.4. The van der Waals surface area contributed by atoms with E-state index in [0.29, 0.717) is 26.3 Å². The van der Waals surface area contributed by atoms with Crippen molar-refractivity contribution in [2.24, 2.45) is 0 Å². The molecule has 0 spiro atoms. The van der Waals surface area contributed by atoms with Crippen molar-refractivity contribution in [3.05, 3.63) is 40.3 Å². The van der Waals surface area contributed by atoms with Crippen LogP contribution in [0.1, 0.15) is 41.1 Å². The third-order valence-electron chi connectivity index (χ3n) is 3.71. The summed E-state index contributed by atoms with van der Waals surface area (Å²) in [6.45, 7) is 9.19. The van der Waals surface area contributed by atoms with E-state index < -0.39 is 22.9 Å². The predicted octanol–water partition coefficient (Wildman–Crippen LogP) is 1.63. The number of hydrogen-bond donors (Lipinski definition) is 1. The zero-order valence-corrected chi connectivity index (χ0v) is 15.5. The largest absolute Gasteiger partial charge is 0.491 e. The number of carboxylic acids is 1. The van der Waals surface area contributed by atoms with Crippen LogP contribution in [0.4, 0.5) is 0 Å². The van der Waals surface area contributed by atoms with E-state index in [1.165, 1.54) is 22.8 Å². The molecule has 0 unspecified atom stereocenters. The highest BCUT2D eigenvalue weighted by molar-refractivity contribution is 5.97. The summed E-state index contributed by atoms with van der Waals surface area (Å²) in [4.78, 5) is 38.2. The standard InChI is InChI=1S/C18H26N2O6/c1-5-8-20(9-11-26-10-6-2)17(22)14-16(25-4)15(21)13(18(23)24)12-19(14)7-3/h5,12H,1,6-11H2,2-4H3,(H,23,24). The highest BCUT2D eigenvalue weighted by Crippen LogP contribution is 2.18. The van der Waals surface area contributed by atoms with Gasteiger partial charge in [0.15, 0.2) is 11.4 Å². The fourth-order valence-electron chi connectivity index (χ4n) is 2.45. The average molecular weight is 366 g/mol. The van der Waals surface area contributed by atoms with Gasteiger partial charge in [0.1, 0.15) is 5.56 Å². The summed E-state index contributed by atoms with van der Waals surface area (Å²) in [5, 5.41) is 9.20. The SMILES string of the molecule is C=CCN(CCOCCC)C(=O)c1c(OC)c(=O)c(C(=O)O)cn1CC. The molecule has 1 N–H and O–H groups in total. The number of pyridine rings is 1. The Morgan fingerprint density at radius 3 is 2.54 bits per heavy atom. The van der Waals surface area contributed by atoms with Crippen LogP contribution in [0.5, 0.6) is 5.75 Å². The van der Waals surface area contributed by atoms with E-state index in [-0.39, 0.29) is 18.0 Å². The van der Waals surface area contributed by atoms with Crippen molar-refractivity contribution in [2.45, 2.75) is 26.8 Å². The van der Waals surface area contributed by atoms with Gasteiger partial charge >= 0.3 is 5.97 Å². The van der Waals surface area contributed by atoms with Crippen molar-refractivity contribution < 1.29 is 24.2 Å². The maximum absolute atomic E-state index is 13.0. The zero-order valence-electron chi connectivity index (χ0n) is 15.5. The lowest BCUT2D eigenvalue weighted by Crippen LogP contribution is -2.37. The molecule has 1 amide bonds. The van der Waals surface area contributed by atoms with Gasteiger partial charge in [-0.1, -0.05) is 13.0 Å². The van der Waals surface area contributed by atoms with E-state index in [2.05, 4.69) is 6.58 Å². The molecule has 0 saturated heterocycles. The number of nitrogens with zero attached hydrogens (tertiary/aromatic N) is 2. The van der Waals surface area contributed by atoms with Crippen LogP contribution in [0.3, 0.4) is 0 Å². The van der Waals surface area contributed by atoms with Crippen molar-refractivity contribution in [3.63, 3.8) is 0 Å². The first-order valence-corrected chi connectivity index (χ1v) is 8.45. The number of rotatable bonds is 11. The number of carbonyl (C=O) groups is 2. The van der Waals surface area contributed by atoms with Crippen LogP contribution in [-0.2, 0) is 11.3 Å².